The fraction of sp³-hybridized carbons (Fsp3) is 0.286. The van der Waals surface area contributed by atoms with Crippen LogP contribution in [0, 0.1) is 12.7 Å². The minimum absolute atomic E-state index is 0.0108. The molecule has 0 fully saturated rings. The number of thiophene rings is 1. The Labute approximate surface area is 110 Å². The van der Waals surface area contributed by atoms with Gasteiger partial charge in [-0.1, -0.05) is 6.07 Å². The Morgan fingerprint density at radius 1 is 1.33 bits per heavy atom. The van der Waals surface area contributed by atoms with Gasteiger partial charge in [-0.15, -0.1) is 0 Å². The number of benzene rings is 1. The standard InChI is InChI=1S/C14H16FNOS/c1-9-7-18-8-11(9)14(16-2)10-4-5-13(17-3)12(15)6-10/h4-8,14,16H,1-3H3. The maximum Gasteiger partial charge on any atom is 0.165 e. The average molecular weight is 265 g/mol. The summed E-state index contributed by atoms with van der Waals surface area (Å²) in [5, 5.41) is 7.42. The van der Waals surface area contributed by atoms with Crippen molar-refractivity contribution in [2.24, 2.45) is 0 Å². The molecule has 0 spiro atoms. The van der Waals surface area contributed by atoms with Gasteiger partial charge in [0.05, 0.1) is 13.2 Å². The second kappa shape index (κ2) is 5.50. The van der Waals surface area contributed by atoms with Gasteiger partial charge in [0.15, 0.2) is 11.6 Å². The summed E-state index contributed by atoms with van der Waals surface area (Å²) in [6.45, 7) is 2.07. The van der Waals surface area contributed by atoms with Gasteiger partial charge in [0.25, 0.3) is 0 Å². The first-order valence-electron chi connectivity index (χ1n) is 5.70. The molecule has 18 heavy (non-hydrogen) atoms. The van der Waals surface area contributed by atoms with Gasteiger partial charge in [-0.2, -0.15) is 11.3 Å². The van der Waals surface area contributed by atoms with E-state index in [4.69, 9.17) is 4.74 Å². The van der Waals surface area contributed by atoms with E-state index < -0.39 is 0 Å². The topological polar surface area (TPSA) is 21.3 Å². The number of nitrogens with one attached hydrogen (secondary N) is 1. The van der Waals surface area contributed by atoms with E-state index in [0.717, 1.165) is 5.56 Å². The van der Waals surface area contributed by atoms with Crippen molar-refractivity contribution >= 4 is 11.3 Å². The molecule has 0 aliphatic carbocycles. The van der Waals surface area contributed by atoms with Crippen LogP contribution in [-0.2, 0) is 0 Å². The molecule has 1 N–H and O–H groups in total. The Kier molecular flexibility index (Phi) is 3.99. The van der Waals surface area contributed by atoms with Crippen LogP contribution in [0.15, 0.2) is 29.0 Å². The Balaban J connectivity index is 2.40. The molecule has 0 saturated heterocycles. The molecule has 2 nitrogen and oxygen atoms in total. The summed E-state index contributed by atoms with van der Waals surface area (Å²) >= 11 is 1.66. The van der Waals surface area contributed by atoms with Gasteiger partial charge >= 0.3 is 0 Å². The molecule has 0 aliphatic rings. The highest BCUT2D eigenvalue weighted by Crippen LogP contribution is 2.29. The van der Waals surface area contributed by atoms with E-state index in [1.807, 2.05) is 13.1 Å². The normalized spacial score (nSPS) is 12.4. The minimum Gasteiger partial charge on any atom is -0.494 e. The molecule has 1 unspecified atom stereocenters. The van der Waals surface area contributed by atoms with E-state index in [2.05, 4.69) is 23.0 Å². The highest BCUT2D eigenvalue weighted by molar-refractivity contribution is 7.08. The maximum absolute atomic E-state index is 13.7. The lowest BCUT2D eigenvalue weighted by Crippen LogP contribution is -2.18. The van der Waals surface area contributed by atoms with E-state index in [9.17, 15) is 4.39 Å². The van der Waals surface area contributed by atoms with Crippen LogP contribution in [0.4, 0.5) is 4.39 Å². The van der Waals surface area contributed by atoms with Crippen LogP contribution in [0.25, 0.3) is 0 Å². The molecule has 0 bridgehead atoms. The molecule has 4 heteroatoms. The van der Waals surface area contributed by atoms with Gasteiger partial charge in [0.2, 0.25) is 0 Å². The number of hydrogen-bond acceptors (Lipinski definition) is 3. The van der Waals surface area contributed by atoms with Gasteiger partial charge in [0.1, 0.15) is 0 Å². The largest absolute Gasteiger partial charge is 0.494 e. The van der Waals surface area contributed by atoms with Crippen molar-refractivity contribution in [2.75, 3.05) is 14.2 Å². The lowest BCUT2D eigenvalue weighted by Gasteiger charge is -2.17. The van der Waals surface area contributed by atoms with Gasteiger partial charge in [-0.25, -0.2) is 4.39 Å². The lowest BCUT2D eigenvalue weighted by atomic mass is 9.98. The molecule has 1 aromatic heterocycles. The van der Waals surface area contributed by atoms with E-state index in [-0.39, 0.29) is 17.6 Å². The van der Waals surface area contributed by atoms with E-state index in [1.165, 1.54) is 24.3 Å². The van der Waals surface area contributed by atoms with Crippen molar-refractivity contribution < 1.29 is 9.13 Å². The van der Waals surface area contributed by atoms with Crippen molar-refractivity contribution in [3.8, 4) is 5.75 Å². The van der Waals surface area contributed by atoms with E-state index in [0.29, 0.717) is 0 Å². The van der Waals surface area contributed by atoms with Crippen LogP contribution in [0.1, 0.15) is 22.7 Å². The molecular formula is C14H16FNOS. The molecule has 96 valence electrons. The summed E-state index contributed by atoms with van der Waals surface area (Å²) in [6, 6.07) is 5.09. The molecular weight excluding hydrogens is 249 g/mol. The predicted molar refractivity (Wildman–Crippen MR) is 72.9 cm³/mol. The van der Waals surface area contributed by atoms with Crippen molar-refractivity contribution in [3.63, 3.8) is 0 Å². The molecule has 0 saturated carbocycles. The molecule has 1 atom stereocenters. The Morgan fingerprint density at radius 3 is 2.61 bits per heavy atom. The first kappa shape index (κ1) is 13.1. The molecule has 0 amide bonds. The van der Waals surface area contributed by atoms with Crippen LogP contribution in [0.3, 0.4) is 0 Å². The fourth-order valence-electron chi connectivity index (χ4n) is 2.03. The van der Waals surface area contributed by atoms with E-state index in [1.54, 1.807) is 17.4 Å². The first-order valence-corrected chi connectivity index (χ1v) is 6.65. The van der Waals surface area contributed by atoms with Crippen LogP contribution >= 0.6 is 11.3 Å². The summed E-state index contributed by atoms with van der Waals surface area (Å²) in [5.41, 5.74) is 3.31. The minimum atomic E-state index is -0.330. The van der Waals surface area contributed by atoms with Gasteiger partial charge in [-0.3, -0.25) is 0 Å². The van der Waals surface area contributed by atoms with Crippen molar-refractivity contribution in [3.05, 3.63) is 51.5 Å². The Bertz CT molecular complexity index is 538. The maximum atomic E-state index is 13.7. The Morgan fingerprint density at radius 2 is 2.11 bits per heavy atom. The summed E-state index contributed by atoms with van der Waals surface area (Å²) in [6.07, 6.45) is 0. The third kappa shape index (κ3) is 2.40. The Hall–Kier alpha value is -1.39. The molecule has 0 radical (unpaired) electrons. The number of ether oxygens (including phenoxy) is 1. The third-order valence-electron chi connectivity index (χ3n) is 3.00. The number of halogens is 1. The number of aryl methyl sites for hydroxylation is 1. The highest BCUT2D eigenvalue weighted by atomic mass is 32.1. The average Bonchev–Trinajstić information content (AvgIpc) is 2.77. The van der Waals surface area contributed by atoms with Crippen LogP contribution in [0.5, 0.6) is 5.75 Å². The van der Waals surface area contributed by atoms with E-state index >= 15 is 0 Å². The second-order valence-corrected chi connectivity index (χ2v) is 4.87. The lowest BCUT2D eigenvalue weighted by molar-refractivity contribution is 0.386. The summed E-state index contributed by atoms with van der Waals surface area (Å²) in [4.78, 5) is 0. The summed E-state index contributed by atoms with van der Waals surface area (Å²) < 4.78 is 18.7. The number of hydrogen-bond donors (Lipinski definition) is 1. The summed E-state index contributed by atoms with van der Waals surface area (Å²) in [7, 11) is 3.35. The SMILES string of the molecule is CNC(c1ccc(OC)c(F)c1)c1cscc1C. The zero-order chi connectivity index (χ0) is 13.1. The summed E-state index contributed by atoms with van der Waals surface area (Å²) in [5.74, 6) is -0.0567. The fourth-order valence-corrected chi connectivity index (χ4v) is 2.91. The number of methoxy groups -OCH3 is 1. The van der Waals surface area contributed by atoms with Gasteiger partial charge < -0.3 is 10.1 Å². The molecule has 1 aromatic carbocycles. The zero-order valence-corrected chi connectivity index (χ0v) is 11.5. The number of rotatable bonds is 4. The van der Waals surface area contributed by atoms with Crippen LogP contribution in [0.2, 0.25) is 0 Å². The van der Waals surface area contributed by atoms with Crippen molar-refractivity contribution in [1.29, 1.82) is 0 Å². The van der Waals surface area contributed by atoms with Crippen molar-refractivity contribution in [2.45, 2.75) is 13.0 Å². The van der Waals surface area contributed by atoms with Crippen LogP contribution < -0.4 is 10.1 Å². The first-order chi connectivity index (χ1) is 8.67. The monoisotopic (exact) mass is 265 g/mol. The van der Waals surface area contributed by atoms with Crippen molar-refractivity contribution in [1.82, 2.24) is 5.32 Å². The predicted octanol–water partition coefficient (Wildman–Crippen LogP) is 3.51. The second-order valence-electron chi connectivity index (χ2n) is 4.13. The highest BCUT2D eigenvalue weighted by Gasteiger charge is 2.16. The third-order valence-corrected chi connectivity index (χ3v) is 3.88. The smallest absolute Gasteiger partial charge is 0.165 e. The van der Waals surface area contributed by atoms with Crippen LogP contribution in [-0.4, -0.2) is 14.2 Å². The molecule has 0 aliphatic heterocycles. The molecule has 2 rings (SSSR count). The zero-order valence-electron chi connectivity index (χ0n) is 10.7. The molecule has 2 aromatic rings. The molecule has 1 heterocycles. The quantitative estimate of drug-likeness (QED) is 0.913. The van der Waals surface area contributed by atoms with Gasteiger partial charge in [-0.05, 0) is 53.6 Å². The van der Waals surface area contributed by atoms with Gasteiger partial charge in [0, 0.05) is 0 Å².